The van der Waals surface area contributed by atoms with Crippen molar-refractivity contribution in [2.45, 2.75) is 31.5 Å². The van der Waals surface area contributed by atoms with Crippen molar-refractivity contribution in [2.75, 3.05) is 20.3 Å². The smallest absolute Gasteiger partial charge is 0.330 e. The third-order valence-corrected chi connectivity index (χ3v) is 3.51. The molecule has 4 atom stereocenters. The van der Waals surface area contributed by atoms with E-state index in [1.807, 2.05) is 0 Å². The largest absolute Gasteiger partial charge is 0.387 e. The number of H-pyrrole nitrogens is 1. The fourth-order valence-corrected chi connectivity index (χ4v) is 2.33. The molecule has 23 heavy (non-hydrogen) atoms. The first-order valence-corrected chi connectivity index (χ1v) is 6.92. The average Bonchev–Trinajstić information content (AvgIpc) is 2.81. The number of hydrogen-bond donors (Lipinski definition) is 3. The van der Waals surface area contributed by atoms with Crippen LogP contribution in [0, 0.1) is 6.92 Å². The molecule has 0 saturated carbocycles. The van der Waals surface area contributed by atoms with Gasteiger partial charge in [-0.1, -0.05) is 0 Å². The molecule has 1 fully saturated rings. The topological polar surface area (TPSA) is 146 Å². The maximum absolute atomic E-state index is 12.0. The molecule has 2 rings (SSSR count). The van der Waals surface area contributed by atoms with Crippen LogP contribution in [0.4, 0.5) is 0 Å². The van der Waals surface area contributed by atoms with Crippen LogP contribution >= 0.6 is 0 Å². The van der Waals surface area contributed by atoms with Gasteiger partial charge in [0.05, 0.1) is 13.2 Å². The number of aromatic nitrogens is 2. The summed E-state index contributed by atoms with van der Waals surface area (Å²) >= 11 is 0. The highest BCUT2D eigenvalue weighted by atomic mass is 16.6. The quantitative estimate of drug-likeness (QED) is 0.494. The summed E-state index contributed by atoms with van der Waals surface area (Å²) in [4.78, 5) is 36.9. The number of ether oxygens (including phenoxy) is 3. The molecule has 4 unspecified atom stereocenters. The van der Waals surface area contributed by atoms with Crippen molar-refractivity contribution in [1.29, 1.82) is 0 Å². The number of aryl methyl sites for hydroxylation is 1. The Balaban J connectivity index is 2.36. The summed E-state index contributed by atoms with van der Waals surface area (Å²) in [7, 11) is 1.48. The maximum atomic E-state index is 12.0. The summed E-state index contributed by atoms with van der Waals surface area (Å²) in [5, 5.41) is 10.2. The van der Waals surface area contributed by atoms with Crippen molar-refractivity contribution < 1.29 is 24.1 Å². The van der Waals surface area contributed by atoms with Gasteiger partial charge in [0.25, 0.3) is 5.56 Å². The maximum Gasteiger partial charge on any atom is 0.330 e. The Morgan fingerprint density at radius 2 is 2.17 bits per heavy atom. The second kappa shape index (κ2) is 7.04. The van der Waals surface area contributed by atoms with E-state index < -0.39 is 41.7 Å². The number of rotatable bonds is 6. The first kappa shape index (κ1) is 17.3. The van der Waals surface area contributed by atoms with E-state index in [1.54, 1.807) is 0 Å². The van der Waals surface area contributed by atoms with Crippen molar-refractivity contribution in [3.8, 4) is 0 Å². The minimum atomic E-state index is -1.35. The number of primary amides is 1. The predicted molar refractivity (Wildman–Crippen MR) is 76.8 cm³/mol. The van der Waals surface area contributed by atoms with Crippen LogP contribution in [-0.4, -0.2) is 59.2 Å². The first-order valence-electron chi connectivity index (χ1n) is 6.92. The lowest BCUT2D eigenvalue weighted by Gasteiger charge is -2.22. The fourth-order valence-electron chi connectivity index (χ4n) is 2.33. The van der Waals surface area contributed by atoms with Gasteiger partial charge < -0.3 is 25.1 Å². The molecule has 0 aliphatic carbocycles. The lowest BCUT2D eigenvalue weighted by Crippen LogP contribution is -2.42. The van der Waals surface area contributed by atoms with Gasteiger partial charge in [0.1, 0.15) is 12.2 Å². The van der Waals surface area contributed by atoms with E-state index in [2.05, 4.69) is 4.98 Å². The molecule has 10 heteroatoms. The van der Waals surface area contributed by atoms with E-state index in [4.69, 9.17) is 19.9 Å². The number of carbonyl (C=O) groups is 1. The highest BCUT2D eigenvalue weighted by Crippen LogP contribution is 2.30. The standard InChI is InChI=1S/C13H19N3O7/c1-6-5-16(13(20)15-11(6)19)12-9(22-4-3-21-2)7(17)8(23-12)10(14)18/h5,7-9,12,17H,3-4H2,1-2H3,(H2,14,18)(H,15,19,20). The van der Waals surface area contributed by atoms with Crippen molar-refractivity contribution in [3.63, 3.8) is 0 Å². The zero-order valence-corrected chi connectivity index (χ0v) is 12.7. The van der Waals surface area contributed by atoms with Crippen LogP contribution in [0.15, 0.2) is 15.8 Å². The molecule has 1 aromatic heterocycles. The van der Waals surface area contributed by atoms with Crippen LogP contribution in [0.5, 0.6) is 0 Å². The SMILES string of the molecule is COCCOC1C(O)C(C(N)=O)OC1n1cc(C)c(=O)[nH]c1=O. The number of nitrogens with one attached hydrogen (secondary N) is 1. The lowest BCUT2D eigenvalue weighted by molar-refractivity contribution is -0.134. The zero-order valence-electron chi connectivity index (χ0n) is 12.7. The molecule has 0 radical (unpaired) electrons. The van der Waals surface area contributed by atoms with Gasteiger partial charge in [-0.25, -0.2) is 4.79 Å². The van der Waals surface area contributed by atoms with Gasteiger partial charge >= 0.3 is 5.69 Å². The molecular weight excluding hydrogens is 310 g/mol. The molecule has 4 N–H and O–H groups in total. The minimum absolute atomic E-state index is 0.112. The Hall–Kier alpha value is -2.01. The van der Waals surface area contributed by atoms with Crippen LogP contribution < -0.4 is 17.0 Å². The Morgan fingerprint density at radius 3 is 2.78 bits per heavy atom. The van der Waals surface area contributed by atoms with E-state index >= 15 is 0 Å². The van der Waals surface area contributed by atoms with Crippen LogP contribution in [0.1, 0.15) is 11.8 Å². The Morgan fingerprint density at radius 1 is 1.48 bits per heavy atom. The minimum Gasteiger partial charge on any atom is -0.387 e. The number of amides is 1. The lowest BCUT2D eigenvalue weighted by atomic mass is 10.1. The molecular formula is C13H19N3O7. The number of aromatic amines is 1. The second-order valence-corrected chi connectivity index (χ2v) is 5.15. The van der Waals surface area contributed by atoms with E-state index in [-0.39, 0.29) is 18.8 Å². The number of hydrogen-bond acceptors (Lipinski definition) is 7. The van der Waals surface area contributed by atoms with Gasteiger partial charge in [0.2, 0.25) is 5.91 Å². The summed E-state index contributed by atoms with van der Waals surface area (Å²) in [5.41, 5.74) is 4.17. The van der Waals surface area contributed by atoms with E-state index in [0.717, 1.165) is 4.57 Å². The van der Waals surface area contributed by atoms with Crippen molar-refractivity contribution in [1.82, 2.24) is 9.55 Å². The molecule has 0 spiro atoms. The number of aliphatic hydroxyl groups excluding tert-OH is 1. The van der Waals surface area contributed by atoms with Crippen LogP contribution in [-0.2, 0) is 19.0 Å². The number of nitrogens with zero attached hydrogens (tertiary/aromatic N) is 1. The number of carbonyl (C=O) groups excluding carboxylic acids is 1. The summed E-state index contributed by atoms with van der Waals surface area (Å²) in [6.45, 7) is 1.86. The van der Waals surface area contributed by atoms with Crippen LogP contribution in [0.25, 0.3) is 0 Å². The summed E-state index contributed by atoms with van der Waals surface area (Å²) in [6, 6.07) is 0. The number of nitrogens with two attached hydrogens (primary N) is 1. The summed E-state index contributed by atoms with van der Waals surface area (Å²) in [6.07, 6.45) is -3.54. The first-order chi connectivity index (χ1) is 10.9. The normalized spacial score (nSPS) is 27.3. The summed E-state index contributed by atoms with van der Waals surface area (Å²) in [5.74, 6) is -0.880. The van der Waals surface area contributed by atoms with Crippen LogP contribution in [0.3, 0.4) is 0 Å². The molecule has 0 aromatic carbocycles. The molecule has 1 amide bonds. The third kappa shape index (κ3) is 3.50. The molecule has 1 aliphatic rings. The molecule has 2 heterocycles. The molecule has 1 aromatic rings. The molecule has 1 aliphatic heterocycles. The summed E-state index contributed by atoms with van der Waals surface area (Å²) < 4.78 is 16.8. The van der Waals surface area contributed by atoms with Crippen molar-refractivity contribution in [2.24, 2.45) is 5.73 Å². The Kier molecular flexibility index (Phi) is 5.31. The van der Waals surface area contributed by atoms with Gasteiger partial charge in [0.15, 0.2) is 12.3 Å². The highest BCUT2D eigenvalue weighted by molar-refractivity contribution is 5.80. The van der Waals surface area contributed by atoms with Gasteiger partial charge in [-0.15, -0.1) is 0 Å². The Bertz CT molecular complexity index is 683. The molecule has 0 bridgehead atoms. The van der Waals surface area contributed by atoms with Crippen molar-refractivity contribution >= 4 is 5.91 Å². The van der Waals surface area contributed by atoms with Gasteiger partial charge in [-0.3, -0.25) is 19.1 Å². The van der Waals surface area contributed by atoms with Gasteiger partial charge in [-0.2, -0.15) is 0 Å². The van der Waals surface area contributed by atoms with E-state index in [1.165, 1.54) is 20.2 Å². The van der Waals surface area contributed by atoms with Gasteiger partial charge in [-0.05, 0) is 6.92 Å². The highest BCUT2D eigenvalue weighted by Gasteiger charge is 2.48. The second-order valence-electron chi connectivity index (χ2n) is 5.15. The Labute approximate surface area is 130 Å². The van der Waals surface area contributed by atoms with E-state index in [9.17, 15) is 19.5 Å². The van der Waals surface area contributed by atoms with Crippen molar-refractivity contribution in [3.05, 3.63) is 32.6 Å². The zero-order chi connectivity index (χ0) is 17.1. The van der Waals surface area contributed by atoms with E-state index in [0.29, 0.717) is 0 Å². The molecule has 1 saturated heterocycles. The monoisotopic (exact) mass is 329 g/mol. The predicted octanol–water partition coefficient (Wildman–Crippen LogP) is -2.38. The number of aliphatic hydroxyl groups is 1. The van der Waals surface area contributed by atoms with Crippen LogP contribution in [0.2, 0.25) is 0 Å². The third-order valence-electron chi connectivity index (χ3n) is 3.51. The number of methoxy groups -OCH3 is 1. The average molecular weight is 329 g/mol. The fraction of sp³-hybridized carbons (Fsp3) is 0.615. The molecule has 10 nitrogen and oxygen atoms in total. The van der Waals surface area contributed by atoms with Gasteiger partial charge in [0, 0.05) is 18.9 Å². The molecule has 128 valence electrons.